The number of anilines is 1. The van der Waals surface area contributed by atoms with Crippen molar-refractivity contribution in [1.82, 2.24) is 4.98 Å². The van der Waals surface area contributed by atoms with Crippen LogP contribution in [0.3, 0.4) is 0 Å². The van der Waals surface area contributed by atoms with Crippen molar-refractivity contribution in [3.63, 3.8) is 0 Å². The molecule has 0 fully saturated rings. The first-order valence-corrected chi connectivity index (χ1v) is 13.4. The first-order valence-electron chi connectivity index (χ1n) is 11.7. The molecule has 0 aliphatic carbocycles. The van der Waals surface area contributed by atoms with Crippen LogP contribution in [0, 0.1) is 0 Å². The predicted molar refractivity (Wildman–Crippen MR) is 151 cm³/mol. The zero-order chi connectivity index (χ0) is 26.6. The number of hydrazone groups is 1. The monoisotopic (exact) mass is 593 g/mol. The van der Waals surface area contributed by atoms with Crippen molar-refractivity contribution in [1.29, 1.82) is 0 Å². The van der Waals surface area contributed by atoms with Crippen LogP contribution in [0.4, 0.5) is 5.13 Å². The van der Waals surface area contributed by atoms with Gasteiger partial charge in [0.05, 0.1) is 31.7 Å². The molecule has 1 atom stereocenters. The summed E-state index contributed by atoms with van der Waals surface area (Å²) in [6.07, 6.45) is 0.692. The maximum Gasteiger partial charge on any atom is 0.341 e. The Labute approximate surface area is 232 Å². The summed E-state index contributed by atoms with van der Waals surface area (Å²) in [5.41, 5.74) is 4.41. The van der Waals surface area contributed by atoms with Crippen molar-refractivity contribution < 1.29 is 24.1 Å². The molecule has 2 heterocycles. The number of hydrogen-bond acceptors (Lipinski definition) is 8. The topological polar surface area (TPSA) is 93.5 Å². The summed E-state index contributed by atoms with van der Waals surface area (Å²) in [5.74, 6) is 0.978. The molecule has 0 spiro atoms. The molecule has 0 saturated carbocycles. The average molecular weight is 594 g/mol. The largest absolute Gasteiger partial charge is 0.497 e. The van der Waals surface area contributed by atoms with Gasteiger partial charge in [-0.25, -0.2) is 14.8 Å². The summed E-state index contributed by atoms with van der Waals surface area (Å²) in [6, 6.07) is 21.2. The van der Waals surface area contributed by atoms with Gasteiger partial charge in [-0.15, -0.1) is 11.3 Å². The minimum atomic E-state index is -1.04. The number of halogens is 1. The maximum atomic E-state index is 11.1. The number of hydrogen-bond donors (Lipinski definition) is 1. The van der Waals surface area contributed by atoms with Gasteiger partial charge < -0.3 is 19.3 Å². The molecule has 5 rings (SSSR count). The molecule has 0 bridgehead atoms. The van der Waals surface area contributed by atoms with Crippen molar-refractivity contribution in [3.8, 4) is 28.5 Å². The van der Waals surface area contributed by atoms with Gasteiger partial charge in [-0.05, 0) is 65.7 Å². The van der Waals surface area contributed by atoms with E-state index in [9.17, 15) is 4.79 Å². The van der Waals surface area contributed by atoms with Gasteiger partial charge in [0.25, 0.3) is 0 Å². The van der Waals surface area contributed by atoms with E-state index in [4.69, 9.17) is 29.4 Å². The SMILES string of the molecule is COc1ccc(C2=NN(c3nc(-c4cc(Br)ccc4OCC(=O)O)cs3)C(c3ccc(OC)cc3)C2)cc1. The molecule has 194 valence electrons. The van der Waals surface area contributed by atoms with Gasteiger partial charge in [-0.2, -0.15) is 5.10 Å². The number of rotatable bonds is 9. The van der Waals surface area contributed by atoms with Gasteiger partial charge in [0.1, 0.15) is 17.2 Å². The molecule has 0 radical (unpaired) electrons. The van der Waals surface area contributed by atoms with Gasteiger partial charge in [0.2, 0.25) is 5.13 Å². The predicted octanol–water partition coefficient (Wildman–Crippen LogP) is 6.41. The van der Waals surface area contributed by atoms with Crippen molar-refractivity contribution in [3.05, 3.63) is 87.7 Å². The number of aromatic nitrogens is 1. The van der Waals surface area contributed by atoms with E-state index < -0.39 is 12.6 Å². The molecule has 1 aromatic heterocycles. The number of carbonyl (C=O) groups is 1. The summed E-state index contributed by atoms with van der Waals surface area (Å²) < 4.78 is 17.0. The molecular weight excluding hydrogens is 570 g/mol. The van der Waals surface area contributed by atoms with Crippen LogP contribution >= 0.6 is 27.3 Å². The summed E-state index contributed by atoms with van der Waals surface area (Å²) in [5, 5.41) is 18.7. The van der Waals surface area contributed by atoms with Crippen LogP contribution in [0.5, 0.6) is 17.2 Å². The van der Waals surface area contributed by atoms with Gasteiger partial charge in [-0.1, -0.05) is 28.1 Å². The van der Waals surface area contributed by atoms with Crippen LogP contribution in [0.1, 0.15) is 23.6 Å². The Balaban J connectivity index is 1.51. The molecule has 38 heavy (non-hydrogen) atoms. The molecular formula is C28H24BrN3O5S. The Kier molecular flexibility index (Phi) is 7.62. The van der Waals surface area contributed by atoms with Gasteiger partial charge in [0, 0.05) is 21.8 Å². The number of carboxylic acid groups (broad SMARTS) is 1. The van der Waals surface area contributed by atoms with Crippen molar-refractivity contribution in [2.24, 2.45) is 5.10 Å². The maximum absolute atomic E-state index is 11.1. The van der Waals surface area contributed by atoms with Crippen molar-refractivity contribution in [2.75, 3.05) is 25.8 Å². The fourth-order valence-corrected chi connectivity index (χ4v) is 5.38. The molecule has 0 saturated heterocycles. The highest BCUT2D eigenvalue weighted by atomic mass is 79.9. The molecule has 4 aromatic rings. The Hall–Kier alpha value is -3.89. The van der Waals surface area contributed by atoms with E-state index in [0.717, 1.165) is 32.8 Å². The Bertz CT molecular complexity index is 1470. The normalized spacial score (nSPS) is 14.8. The molecule has 1 N–H and O–H groups in total. The summed E-state index contributed by atoms with van der Waals surface area (Å²) in [7, 11) is 3.29. The summed E-state index contributed by atoms with van der Waals surface area (Å²) in [4.78, 5) is 16.0. The number of ether oxygens (including phenoxy) is 3. The standard InChI is InChI=1S/C28H24BrN3O5S/c1-35-20-8-3-17(4-9-20)23-14-25(18-5-10-21(36-2)11-6-18)32(31-23)28-30-24(16-38-28)22-13-19(29)7-12-26(22)37-15-27(33)34/h3-13,16,25H,14-15H2,1-2H3,(H,33,34). The van der Waals surface area contributed by atoms with Gasteiger partial charge in [-0.3, -0.25) is 0 Å². The lowest BCUT2D eigenvalue weighted by molar-refractivity contribution is -0.139. The minimum Gasteiger partial charge on any atom is -0.497 e. The number of aliphatic carboxylic acids is 1. The summed E-state index contributed by atoms with van der Waals surface area (Å²) >= 11 is 4.96. The minimum absolute atomic E-state index is 0.0674. The van der Waals surface area contributed by atoms with Crippen LogP contribution in [-0.4, -0.2) is 42.6 Å². The van der Waals surface area contributed by atoms with E-state index in [-0.39, 0.29) is 6.04 Å². The van der Waals surface area contributed by atoms with E-state index in [0.29, 0.717) is 28.6 Å². The Morgan fingerprint density at radius 3 is 2.39 bits per heavy atom. The van der Waals surface area contributed by atoms with E-state index in [1.807, 2.05) is 65.0 Å². The van der Waals surface area contributed by atoms with Gasteiger partial charge >= 0.3 is 5.97 Å². The highest BCUT2D eigenvalue weighted by Crippen LogP contribution is 2.41. The van der Waals surface area contributed by atoms with Crippen LogP contribution in [0.2, 0.25) is 0 Å². The van der Waals surface area contributed by atoms with Gasteiger partial charge in [0.15, 0.2) is 6.61 Å². The quantitative estimate of drug-likeness (QED) is 0.239. The van der Waals surface area contributed by atoms with Crippen molar-refractivity contribution in [2.45, 2.75) is 12.5 Å². The zero-order valence-electron chi connectivity index (χ0n) is 20.6. The lowest BCUT2D eigenvalue weighted by Crippen LogP contribution is -2.18. The fourth-order valence-electron chi connectivity index (χ4n) is 4.19. The first kappa shape index (κ1) is 25.7. The zero-order valence-corrected chi connectivity index (χ0v) is 23.0. The Morgan fingerprint density at radius 1 is 1.05 bits per heavy atom. The fraction of sp³-hybridized carbons (Fsp3) is 0.179. The lowest BCUT2D eigenvalue weighted by Gasteiger charge is -2.21. The van der Waals surface area contributed by atoms with Crippen LogP contribution in [0.25, 0.3) is 11.3 Å². The molecule has 0 amide bonds. The highest BCUT2D eigenvalue weighted by Gasteiger charge is 2.32. The second-order valence-electron chi connectivity index (χ2n) is 8.45. The molecule has 3 aromatic carbocycles. The highest BCUT2D eigenvalue weighted by molar-refractivity contribution is 9.10. The third-order valence-corrected chi connectivity index (χ3v) is 7.41. The third kappa shape index (κ3) is 5.51. The molecule has 10 heteroatoms. The third-order valence-electron chi connectivity index (χ3n) is 6.09. The number of nitrogens with zero attached hydrogens (tertiary/aromatic N) is 3. The average Bonchev–Trinajstić information content (AvgIpc) is 3.60. The Morgan fingerprint density at radius 2 is 1.74 bits per heavy atom. The number of thiazole rings is 1. The number of carboxylic acids is 1. The molecule has 1 aliphatic heterocycles. The molecule has 1 unspecified atom stereocenters. The molecule has 1 aliphatic rings. The van der Waals surface area contributed by atoms with Crippen LogP contribution in [0.15, 0.2) is 81.7 Å². The smallest absolute Gasteiger partial charge is 0.341 e. The van der Waals surface area contributed by atoms with Crippen LogP contribution in [-0.2, 0) is 4.79 Å². The summed E-state index contributed by atoms with van der Waals surface area (Å²) in [6.45, 7) is -0.438. The second-order valence-corrected chi connectivity index (χ2v) is 10.2. The van der Waals surface area contributed by atoms with Crippen LogP contribution < -0.4 is 19.2 Å². The number of methoxy groups -OCH3 is 2. The van der Waals surface area contributed by atoms with E-state index in [2.05, 4.69) is 15.9 Å². The molecule has 8 nitrogen and oxygen atoms in total. The number of benzene rings is 3. The van der Waals surface area contributed by atoms with E-state index in [1.54, 1.807) is 26.4 Å². The van der Waals surface area contributed by atoms with E-state index >= 15 is 0 Å². The second kappa shape index (κ2) is 11.2. The van der Waals surface area contributed by atoms with E-state index in [1.165, 1.54) is 11.3 Å². The first-order chi connectivity index (χ1) is 18.4. The van der Waals surface area contributed by atoms with Crippen molar-refractivity contribution >= 4 is 44.1 Å². The lowest BCUT2D eigenvalue weighted by atomic mass is 9.98.